The van der Waals surface area contributed by atoms with E-state index in [1.807, 2.05) is 4.90 Å². The van der Waals surface area contributed by atoms with Gasteiger partial charge in [0.2, 0.25) is 0 Å². The van der Waals surface area contributed by atoms with Crippen molar-refractivity contribution in [3.8, 4) is 5.75 Å². The number of ether oxygens (including phenoxy) is 1. The standard InChI is InChI=1S/C13H17ClN2O2.ClH/c1-9-8-16(6-5-15-9)13(17)11-7-10(14)3-4-12(11)18-2;/h3-4,7,9,15H,5-6,8H2,1-2H3;1H. The van der Waals surface area contributed by atoms with Crippen molar-refractivity contribution < 1.29 is 9.53 Å². The Hall–Kier alpha value is -0.970. The molecule has 1 aliphatic heterocycles. The molecule has 19 heavy (non-hydrogen) atoms. The highest BCUT2D eigenvalue weighted by atomic mass is 35.5. The largest absolute Gasteiger partial charge is 0.496 e. The molecular formula is C13H18Cl2N2O2. The van der Waals surface area contributed by atoms with Crippen LogP contribution in [0.3, 0.4) is 0 Å². The maximum Gasteiger partial charge on any atom is 0.257 e. The van der Waals surface area contributed by atoms with Crippen LogP contribution >= 0.6 is 24.0 Å². The van der Waals surface area contributed by atoms with E-state index in [9.17, 15) is 4.79 Å². The number of amides is 1. The smallest absolute Gasteiger partial charge is 0.257 e. The van der Waals surface area contributed by atoms with Crippen molar-refractivity contribution in [3.63, 3.8) is 0 Å². The average Bonchev–Trinajstić information content (AvgIpc) is 2.38. The van der Waals surface area contributed by atoms with Crippen molar-refractivity contribution in [2.75, 3.05) is 26.7 Å². The predicted molar refractivity (Wildman–Crippen MR) is 78.6 cm³/mol. The Balaban J connectivity index is 0.00000180. The van der Waals surface area contributed by atoms with Crippen LogP contribution in [0.2, 0.25) is 5.02 Å². The number of piperazine rings is 1. The van der Waals surface area contributed by atoms with Gasteiger partial charge >= 0.3 is 0 Å². The highest BCUT2D eigenvalue weighted by Crippen LogP contribution is 2.24. The van der Waals surface area contributed by atoms with E-state index < -0.39 is 0 Å². The zero-order valence-corrected chi connectivity index (χ0v) is 12.6. The number of hydrogen-bond acceptors (Lipinski definition) is 3. The monoisotopic (exact) mass is 304 g/mol. The SMILES string of the molecule is COc1ccc(Cl)cc1C(=O)N1CCNC(C)C1.Cl. The highest BCUT2D eigenvalue weighted by molar-refractivity contribution is 6.31. The summed E-state index contributed by atoms with van der Waals surface area (Å²) in [5.74, 6) is 0.540. The fourth-order valence-electron chi connectivity index (χ4n) is 2.13. The van der Waals surface area contributed by atoms with Crippen LogP contribution in [0.15, 0.2) is 18.2 Å². The summed E-state index contributed by atoms with van der Waals surface area (Å²) in [6.07, 6.45) is 0. The predicted octanol–water partition coefficient (Wildman–Crippen LogP) is 2.20. The van der Waals surface area contributed by atoms with Gasteiger partial charge in [0.1, 0.15) is 5.75 Å². The van der Waals surface area contributed by atoms with Gasteiger partial charge in [0.25, 0.3) is 5.91 Å². The number of halogens is 2. The lowest BCUT2D eigenvalue weighted by atomic mass is 10.1. The van der Waals surface area contributed by atoms with Crippen molar-refractivity contribution in [1.29, 1.82) is 0 Å². The van der Waals surface area contributed by atoms with Crippen LogP contribution < -0.4 is 10.1 Å². The number of nitrogens with zero attached hydrogens (tertiary/aromatic N) is 1. The molecule has 1 aromatic carbocycles. The van der Waals surface area contributed by atoms with Crippen molar-refractivity contribution in [3.05, 3.63) is 28.8 Å². The first-order valence-corrected chi connectivity index (χ1v) is 6.36. The normalized spacial score (nSPS) is 18.7. The number of methoxy groups -OCH3 is 1. The molecule has 0 saturated carbocycles. The summed E-state index contributed by atoms with van der Waals surface area (Å²) >= 11 is 5.95. The number of rotatable bonds is 2. The third-order valence-electron chi connectivity index (χ3n) is 3.05. The molecule has 1 unspecified atom stereocenters. The molecule has 0 aliphatic carbocycles. The Kier molecular flexibility index (Phi) is 5.91. The Morgan fingerprint density at radius 1 is 1.53 bits per heavy atom. The zero-order valence-electron chi connectivity index (χ0n) is 11.0. The minimum atomic E-state index is -0.0253. The number of hydrogen-bond donors (Lipinski definition) is 1. The lowest BCUT2D eigenvalue weighted by molar-refractivity contribution is 0.0705. The summed E-state index contributed by atoms with van der Waals surface area (Å²) in [5, 5.41) is 3.85. The highest BCUT2D eigenvalue weighted by Gasteiger charge is 2.24. The van der Waals surface area contributed by atoms with Crippen LogP contribution in [-0.2, 0) is 0 Å². The van der Waals surface area contributed by atoms with E-state index in [2.05, 4.69) is 12.2 Å². The molecule has 1 atom stereocenters. The second kappa shape index (κ2) is 6.98. The molecule has 1 aromatic rings. The van der Waals surface area contributed by atoms with Gasteiger partial charge in [-0.2, -0.15) is 0 Å². The van der Waals surface area contributed by atoms with Gasteiger partial charge in [-0.1, -0.05) is 11.6 Å². The van der Waals surface area contributed by atoms with Crippen LogP contribution in [0.1, 0.15) is 17.3 Å². The van der Waals surface area contributed by atoms with E-state index in [4.69, 9.17) is 16.3 Å². The average molecular weight is 305 g/mol. The molecule has 0 bridgehead atoms. The van der Waals surface area contributed by atoms with Gasteiger partial charge in [0, 0.05) is 30.7 Å². The number of nitrogens with one attached hydrogen (secondary N) is 1. The Morgan fingerprint density at radius 2 is 2.26 bits per heavy atom. The van der Waals surface area contributed by atoms with Crippen LogP contribution in [0.5, 0.6) is 5.75 Å². The van der Waals surface area contributed by atoms with Gasteiger partial charge in [0.05, 0.1) is 12.7 Å². The van der Waals surface area contributed by atoms with Crippen molar-refractivity contribution in [2.24, 2.45) is 0 Å². The second-order valence-corrected chi connectivity index (χ2v) is 4.89. The molecular weight excluding hydrogens is 287 g/mol. The minimum absolute atomic E-state index is 0. The molecule has 1 aliphatic rings. The summed E-state index contributed by atoms with van der Waals surface area (Å²) < 4.78 is 5.22. The first-order valence-electron chi connectivity index (χ1n) is 5.98. The van der Waals surface area contributed by atoms with Gasteiger partial charge in [-0.3, -0.25) is 4.79 Å². The fraction of sp³-hybridized carbons (Fsp3) is 0.462. The zero-order chi connectivity index (χ0) is 13.1. The molecule has 1 amide bonds. The van der Waals surface area contributed by atoms with Crippen molar-refractivity contribution in [2.45, 2.75) is 13.0 Å². The van der Waals surface area contributed by atoms with Gasteiger partial charge in [-0.05, 0) is 25.1 Å². The lowest BCUT2D eigenvalue weighted by Gasteiger charge is -2.32. The number of benzene rings is 1. The number of carbonyl (C=O) groups is 1. The molecule has 106 valence electrons. The third-order valence-corrected chi connectivity index (χ3v) is 3.28. The van der Waals surface area contributed by atoms with Crippen LogP contribution in [0.4, 0.5) is 0 Å². The molecule has 0 spiro atoms. The van der Waals surface area contributed by atoms with Crippen LogP contribution in [0.25, 0.3) is 0 Å². The summed E-state index contributed by atoms with van der Waals surface area (Å²) in [4.78, 5) is 14.3. The molecule has 2 rings (SSSR count). The van der Waals surface area contributed by atoms with Crippen molar-refractivity contribution >= 4 is 29.9 Å². The van der Waals surface area contributed by atoms with Crippen LogP contribution in [0, 0.1) is 0 Å². The molecule has 4 nitrogen and oxygen atoms in total. The van der Waals surface area contributed by atoms with Crippen LogP contribution in [-0.4, -0.2) is 43.6 Å². The summed E-state index contributed by atoms with van der Waals surface area (Å²) in [5.41, 5.74) is 0.527. The molecule has 0 radical (unpaired) electrons. The van der Waals surface area contributed by atoms with E-state index in [0.29, 0.717) is 35.5 Å². The fourth-order valence-corrected chi connectivity index (χ4v) is 2.31. The molecule has 6 heteroatoms. The topological polar surface area (TPSA) is 41.6 Å². The molecule has 1 heterocycles. The second-order valence-electron chi connectivity index (χ2n) is 4.45. The summed E-state index contributed by atoms with van der Waals surface area (Å²) in [6, 6.07) is 5.42. The van der Waals surface area contributed by atoms with E-state index in [1.54, 1.807) is 25.3 Å². The van der Waals surface area contributed by atoms with E-state index in [-0.39, 0.29) is 18.3 Å². The summed E-state index contributed by atoms with van der Waals surface area (Å²) in [6.45, 7) is 4.29. The Morgan fingerprint density at radius 3 is 2.89 bits per heavy atom. The molecule has 1 saturated heterocycles. The van der Waals surface area contributed by atoms with Gasteiger partial charge in [-0.15, -0.1) is 12.4 Å². The molecule has 0 aromatic heterocycles. The van der Waals surface area contributed by atoms with Crippen molar-refractivity contribution in [1.82, 2.24) is 10.2 Å². The molecule has 1 N–H and O–H groups in total. The van der Waals surface area contributed by atoms with Gasteiger partial charge < -0.3 is 15.0 Å². The van der Waals surface area contributed by atoms with Gasteiger partial charge in [0.15, 0.2) is 0 Å². The third kappa shape index (κ3) is 3.75. The van der Waals surface area contributed by atoms with E-state index >= 15 is 0 Å². The first-order chi connectivity index (χ1) is 8.61. The number of carbonyl (C=O) groups excluding carboxylic acids is 1. The van der Waals surface area contributed by atoms with E-state index in [1.165, 1.54) is 0 Å². The van der Waals surface area contributed by atoms with Gasteiger partial charge in [-0.25, -0.2) is 0 Å². The minimum Gasteiger partial charge on any atom is -0.496 e. The maximum absolute atomic E-state index is 12.4. The summed E-state index contributed by atoms with van der Waals surface area (Å²) in [7, 11) is 1.56. The van der Waals surface area contributed by atoms with E-state index in [0.717, 1.165) is 6.54 Å². The quantitative estimate of drug-likeness (QED) is 0.911. The Bertz CT molecular complexity index is 454. The first kappa shape index (κ1) is 16.1. The molecule has 1 fully saturated rings. The lowest BCUT2D eigenvalue weighted by Crippen LogP contribution is -2.51. The maximum atomic E-state index is 12.4. The Labute approximate surface area is 124 Å².